The van der Waals surface area contributed by atoms with Crippen molar-refractivity contribution in [2.45, 2.75) is 26.9 Å². The first kappa shape index (κ1) is 16.5. The largest absolute Gasteiger partial charge is 0.495 e. The maximum absolute atomic E-state index is 12.2. The molecule has 1 aromatic carbocycles. The molecule has 0 saturated heterocycles. The summed E-state index contributed by atoms with van der Waals surface area (Å²) in [6.07, 6.45) is -1.00. The monoisotopic (exact) mass is 318 g/mol. The van der Waals surface area contributed by atoms with Gasteiger partial charge < -0.3 is 19.3 Å². The number of hydrogen-bond donors (Lipinski definition) is 1. The minimum absolute atomic E-state index is 0.0460. The third-order valence-corrected chi connectivity index (χ3v) is 3.10. The zero-order valence-electron chi connectivity index (χ0n) is 13.4. The van der Waals surface area contributed by atoms with Crippen LogP contribution >= 0.6 is 0 Å². The Kier molecular flexibility index (Phi) is 5.00. The maximum atomic E-state index is 12.2. The molecule has 23 heavy (non-hydrogen) atoms. The van der Waals surface area contributed by atoms with Gasteiger partial charge in [0.1, 0.15) is 5.75 Å². The fourth-order valence-electron chi connectivity index (χ4n) is 1.89. The van der Waals surface area contributed by atoms with E-state index in [1.54, 1.807) is 19.1 Å². The number of rotatable bonds is 5. The molecule has 1 amide bonds. The summed E-state index contributed by atoms with van der Waals surface area (Å²) in [6, 6.07) is 6.82. The van der Waals surface area contributed by atoms with Crippen molar-refractivity contribution in [3.8, 4) is 5.75 Å². The third-order valence-electron chi connectivity index (χ3n) is 3.10. The Balaban J connectivity index is 2.03. The zero-order chi connectivity index (χ0) is 17.0. The van der Waals surface area contributed by atoms with Gasteiger partial charge >= 0.3 is 5.97 Å². The van der Waals surface area contributed by atoms with E-state index in [4.69, 9.17) is 14.0 Å². The van der Waals surface area contributed by atoms with Crippen LogP contribution in [0.5, 0.6) is 5.75 Å². The van der Waals surface area contributed by atoms with Crippen LogP contribution in [-0.4, -0.2) is 30.2 Å². The summed E-state index contributed by atoms with van der Waals surface area (Å²) in [4.78, 5) is 24.0. The molecule has 0 saturated carbocycles. The first-order valence-electron chi connectivity index (χ1n) is 7.00. The van der Waals surface area contributed by atoms with Crippen molar-refractivity contribution < 1.29 is 23.6 Å². The van der Waals surface area contributed by atoms with Gasteiger partial charge in [-0.05, 0) is 38.5 Å². The van der Waals surface area contributed by atoms with E-state index in [2.05, 4.69) is 10.5 Å². The second-order valence-electron chi connectivity index (χ2n) is 5.07. The molecule has 0 aliphatic carbocycles. The van der Waals surface area contributed by atoms with Gasteiger partial charge in [0.15, 0.2) is 6.10 Å². The highest BCUT2D eigenvalue weighted by Crippen LogP contribution is 2.25. The summed E-state index contributed by atoms with van der Waals surface area (Å²) in [7, 11) is 1.51. The van der Waals surface area contributed by atoms with E-state index in [0.717, 1.165) is 5.56 Å². The van der Waals surface area contributed by atoms with E-state index in [-0.39, 0.29) is 5.76 Å². The molecule has 0 unspecified atom stereocenters. The van der Waals surface area contributed by atoms with Crippen LogP contribution in [0, 0.1) is 13.8 Å². The number of carbonyl (C=O) groups excluding carboxylic acids is 2. The minimum atomic E-state index is -1.00. The molecule has 2 rings (SSSR count). The van der Waals surface area contributed by atoms with Gasteiger partial charge in [0.25, 0.3) is 5.91 Å². The molecule has 1 N–H and O–H groups in total. The Labute approximate surface area is 133 Å². The molecule has 0 aliphatic heterocycles. The zero-order valence-corrected chi connectivity index (χ0v) is 13.4. The normalized spacial score (nSPS) is 11.7. The number of amides is 1. The van der Waals surface area contributed by atoms with Gasteiger partial charge in [-0.1, -0.05) is 11.2 Å². The van der Waals surface area contributed by atoms with Gasteiger partial charge in [0, 0.05) is 6.07 Å². The number of anilines is 1. The van der Waals surface area contributed by atoms with Gasteiger partial charge in [-0.15, -0.1) is 0 Å². The van der Waals surface area contributed by atoms with Gasteiger partial charge in [-0.3, -0.25) is 4.79 Å². The Bertz CT molecular complexity index is 723. The number of benzene rings is 1. The number of aromatic nitrogens is 1. The minimum Gasteiger partial charge on any atom is -0.495 e. The van der Waals surface area contributed by atoms with Crippen LogP contribution in [0.3, 0.4) is 0 Å². The van der Waals surface area contributed by atoms with Crippen molar-refractivity contribution in [2.75, 3.05) is 12.4 Å². The summed E-state index contributed by atoms with van der Waals surface area (Å²) >= 11 is 0. The first-order valence-corrected chi connectivity index (χ1v) is 7.00. The number of hydrogen-bond acceptors (Lipinski definition) is 6. The number of nitrogens with zero attached hydrogens (tertiary/aromatic N) is 1. The number of esters is 1. The van der Waals surface area contributed by atoms with Crippen LogP contribution in [-0.2, 0) is 9.53 Å². The van der Waals surface area contributed by atoms with Crippen LogP contribution in [0.4, 0.5) is 5.69 Å². The van der Waals surface area contributed by atoms with Crippen molar-refractivity contribution in [3.63, 3.8) is 0 Å². The summed E-state index contributed by atoms with van der Waals surface area (Å²) in [5.41, 5.74) is 2.03. The first-order chi connectivity index (χ1) is 10.9. The van der Waals surface area contributed by atoms with Crippen molar-refractivity contribution in [2.24, 2.45) is 0 Å². The highest BCUT2D eigenvalue weighted by atomic mass is 16.6. The molecule has 0 aliphatic rings. The summed E-state index contributed by atoms with van der Waals surface area (Å²) < 4.78 is 15.1. The molecule has 7 heteroatoms. The fourth-order valence-corrected chi connectivity index (χ4v) is 1.89. The van der Waals surface area contributed by atoms with E-state index < -0.39 is 18.0 Å². The smallest absolute Gasteiger partial charge is 0.377 e. The Morgan fingerprint density at radius 1 is 1.26 bits per heavy atom. The van der Waals surface area contributed by atoms with Gasteiger partial charge in [0.05, 0.1) is 18.5 Å². The second kappa shape index (κ2) is 6.95. The summed E-state index contributed by atoms with van der Waals surface area (Å²) in [6.45, 7) is 5.05. The van der Waals surface area contributed by atoms with Crippen molar-refractivity contribution in [1.29, 1.82) is 0 Å². The molecule has 2 aromatic rings. The molecule has 122 valence electrons. The molecule has 1 aromatic heterocycles. The quantitative estimate of drug-likeness (QED) is 0.852. The highest BCUT2D eigenvalue weighted by molar-refractivity contribution is 5.97. The molecular formula is C16H18N2O5. The highest BCUT2D eigenvalue weighted by Gasteiger charge is 2.22. The average molecular weight is 318 g/mol. The molecule has 1 atom stereocenters. The van der Waals surface area contributed by atoms with Crippen LogP contribution < -0.4 is 10.1 Å². The van der Waals surface area contributed by atoms with E-state index >= 15 is 0 Å². The van der Waals surface area contributed by atoms with Gasteiger partial charge in [-0.2, -0.15) is 0 Å². The third kappa shape index (κ3) is 4.09. The van der Waals surface area contributed by atoms with Crippen molar-refractivity contribution in [1.82, 2.24) is 5.16 Å². The standard InChI is InChI=1S/C16H18N2O5/c1-9-5-6-13(21-4)12(7-9)17-15(19)11(3)22-16(20)14-8-10(2)18-23-14/h5-8,11H,1-4H3,(H,17,19)/t11-/m0/s1. The average Bonchev–Trinajstić information content (AvgIpc) is 2.94. The number of nitrogens with one attached hydrogen (secondary N) is 1. The predicted molar refractivity (Wildman–Crippen MR) is 82.5 cm³/mol. The van der Waals surface area contributed by atoms with Crippen LogP contribution in [0.2, 0.25) is 0 Å². The molecule has 0 bridgehead atoms. The lowest BCUT2D eigenvalue weighted by Crippen LogP contribution is -2.30. The van der Waals surface area contributed by atoms with Crippen molar-refractivity contribution >= 4 is 17.6 Å². The van der Waals surface area contributed by atoms with E-state index in [0.29, 0.717) is 17.1 Å². The predicted octanol–water partition coefficient (Wildman–Crippen LogP) is 2.48. The molecule has 0 spiro atoms. The topological polar surface area (TPSA) is 90.7 Å². The van der Waals surface area contributed by atoms with Gasteiger partial charge in [0.2, 0.25) is 5.76 Å². The SMILES string of the molecule is COc1ccc(C)cc1NC(=O)[C@H](C)OC(=O)c1cc(C)no1. The second-order valence-corrected chi connectivity index (χ2v) is 5.07. The Morgan fingerprint density at radius 2 is 2.00 bits per heavy atom. The number of ether oxygens (including phenoxy) is 2. The van der Waals surface area contributed by atoms with Crippen molar-refractivity contribution in [3.05, 3.63) is 41.3 Å². The lowest BCUT2D eigenvalue weighted by atomic mass is 10.2. The van der Waals surface area contributed by atoms with Crippen LogP contribution in [0.25, 0.3) is 0 Å². The molecule has 1 heterocycles. The summed E-state index contributed by atoms with van der Waals surface area (Å²) in [5, 5.41) is 6.27. The lowest BCUT2D eigenvalue weighted by molar-refractivity contribution is -0.123. The van der Waals surface area contributed by atoms with Crippen LogP contribution in [0.15, 0.2) is 28.8 Å². The van der Waals surface area contributed by atoms with E-state index in [9.17, 15) is 9.59 Å². The number of carbonyl (C=O) groups is 2. The number of methoxy groups -OCH3 is 1. The maximum Gasteiger partial charge on any atom is 0.377 e. The molecule has 0 fully saturated rings. The lowest BCUT2D eigenvalue weighted by Gasteiger charge is -2.15. The molecular weight excluding hydrogens is 300 g/mol. The van der Waals surface area contributed by atoms with Gasteiger partial charge in [-0.25, -0.2) is 4.79 Å². The van der Waals surface area contributed by atoms with E-state index in [1.807, 2.05) is 13.0 Å². The molecule has 7 nitrogen and oxygen atoms in total. The fraction of sp³-hybridized carbons (Fsp3) is 0.312. The van der Waals surface area contributed by atoms with Crippen LogP contribution in [0.1, 0.15) is 28.7 Å². The van der Waals surface area contributed by atoms with E-state index in [1.165, 1.54) is 20.1 Å². The Morgan fingerprint density at radius 3 is 2.61 bits per heavy atom. The number of aryl methyl sites for hydroxylation is 2. The Hall–Kier alpha value is -2.83. The summed E-state index contributed by atoms with van der Waals surface area (Å²) in [5.74, 6) is -0.744. The molecule has 0 radical (unpaired) electrons.